The van der Waals surface area contributed by atoms with Crippen molar-refractivity contribution in [3.8, 4) is 21.8 Å². The third-order valence-corrected chi connectivity index (χ3v) is 4.95. The maximum Gasteiger partial charge on any atom is 0.182 e. The van der Waals surface area contributed by atoms with Crippen LogP contribution >= 0.6 is 11.3 Å². The molecule has 0 bridgehead atoms. The van der Waals surface area contributed by atoms with Crippen molar-refractivity contribution in [3.63, 3.8) is 0 Å². The summed E-state index contributed by atoms with van der Waals surface area (Å²) in [5, 5.41) is 6.33. The molecule has 0 unspecified atom stereocenters. The van der Waals surface area contributed by atoms with Gasteiger partial charge in [-0.15, -0.1) is 11.3 Å². The molecular weight excluding hydrogens is 358 g/mol. The smallest absolute Gasteiger partial charge is 0.182 e. The highest BCUT2D eigenvalue weighted by molar-refractivity contribution is 7.13. The first-order chi connectivity index (χ1) is 13.4. The summed E-state index contributed by atoms with van der Waals surface area (Å²) in [6.07, 6.45) is 6.69. The summed E-state index contributed by atoms with van der Waals surface area (Å²) >= 11 is 1.60. The topological polar surface area (TPSA) is 92.3 Å². The van der Waals surface area contributed by atoms with Crippen LogP contribution < -0.4 is 5.32 Å². The molecule has 5 aromatic rings. The molecule has 8 heteroatoms. The Bertz CT molecular complexity index is 1210. The Balaban J connectivity index is 1.46. The Morgan fingerprint density at radius 2 is 1.96 bits per heavy atom. The Hall–Kier alpha value is -3.65. The molecule has 0 spiro atoms. The first kappa shape index (κ1) is 15.6. The van der Waals surface area contributed by atoms with E-state index < -0.39 is 0 Å². The van der Waals surface area contributed by atoms with Gasteiger partial charge in [-0.1, -0.05) is 12.1 Å². The van der Waals surface area contributed by atoms with Gasteiger partial charge in [0, 0.05) is 34.6 Å². The molecule has 0 saturated heterocycles. The number of nitrogens with one attached hydrogen (secondary N) is 2. The summed E-state index contributed by atoms with van der Waals surface area (Å²) < 4.78 is 0. The number of anilines is 2. The molecule has 0 radical (unpaired) electrons. The van der Waals surface area contributed by atoms with Crippen molar-refractivity contribution >= 4 is 34.0 Å². The van der Waals surface area contributed by atoms with Crippen molar-refractivity contribution in [3.05, 3.63) is 66.8 Å². The van der Waals surface area contributed by atoms with Crippen LogP contribution in [-0.2, 0) is 0 Å². The number of imidazole rings is 1. The molecule has 5 rings (SSSR count). The van der Waals surface area contributed by atoms with E-state index in [-0.39, 0.29) is 0 Å². The van der Waals surface area contributed by atoms with Crippen LogP contribution in [0.5, 0.6) is 0 Å². The van der Waals surface area contributed by atoms with E-state index in [4.69, 9.17) is 4.98 Å². The van der Waals surface area contributed by atoms with Gasteiger partial charge < -0.3 is 10.3 Å². The number of fused-ring (bicyclic) bond motifs is 1. The van der Waals surface area contributed by atoms with E-state index in [1.165, 1.54) is 6.33 Å². The van der Waals surface area contributed by atoms with Gasteiger partial charge in [-0.05, 0) is 24.3 Å². The molecule has 7 nitrogen and oxygen atoms in total. The Morgan fingerprint density at radius 3 is 2.89 bits per heavy atom. The van der Waals surface area contributed by atoms with E-state index in [1.54, 1.807) is 23.9 Å². The third-order valence-electron chi connectivity index (χ3n) is 4.06. The molecule has 130 valence electrons. The van der Waals surface area contributed by atoms with Crippen LogP contribution in [0.25, 0.3) is 33.0 Å². The van der Waals surface area contributed by atoms with Gasteiger partial charge in [-0.25, -0.2) is 19.9 Å². The number of hydrogen-bond acceptors (Lipinski definition) is 7. The van der Waals surface area contributed by atoms with E-state index in [1.807, 2.05) is 42.6 Å². The van der Waals surface area contributed by atoms with Gasteiger partial charge in [0.1, 0.15) is 16.9 Å². The lowest BCUT2D eigenvalue weighted by Crippen LogP contribution is -1.96. The second kappa shape index (κ2) is 6.58. The van der Waals surface area contributed by atoms with Crippen molar-refractivity contribution in [2.24, 2.45) is 0 Å². The number of pyridine rings is 1. The number of H-pyrrole nitrogens is 1. The van der Waals surface area contributed by atoms with Gasteiger partial charge in [0.05, 0.1) is 12.0 Å². The molecule has 2 N–H and O–H groups in total. The van der Waals surface area contributed by atoms with E-state index in [2.05, 4.69) is 35.6 Å². The van der Waals surface area contributed by atoms with Crippen LogP contribution in [0.1, 0.15) is 0 Å². The predicted molar refractivity (Wildman–Crippen MR) is 106 cm³/mol. The fourth-order valence-corrected chi connectivity index (χ4v) is 3.60. The SMILES string of the molecule is c1cc(Nc2ncnc3nc[nH]c23)cc(-c2csc(-c3cccnc3)n2)c1. The fraction of sp³-hybridized carbons (Fsp3) is 0. The summed E-state index contributed by atoms with van der Waals surface area (Å²) in [7, 11) is 0. The number of aromatic amines is 1. The Labute approximate surface area is 158 Å². The first-order valence-electron chi connectivity index (χ1n) is 8.24. The highest BCUT2D eigenvalue weighted by Gasteiger charge is 2.09. The average Bonchev–Trinajstić information content (AvgIpc) is 3.39. The van der Waals surface area contributed by atoms with Crippen molar-refractivity contribution < 1.29 is 0 Å². The summed E-state index contributed by atoms with van der Waals surface area (Å²) in [5.74, 6) is 0.684. The molecule has 1 aromatic carbocycles. The van der Waals surface area contributed by atoms with Crippen LogP contribution in [0.4, 0.5) is 11.5 Å². The van der Waals surface area contributed by atoms with E-state index in [0.717, 1.165) is 33.0 Å². The minimum atomic E-state index is 0.629. The van der Waals surface area contributed by atoms with Crippen molar-refractivity contribution in [2.45, 2.75) is 0 Å². The van der Waals surface area contributed by atoms with Gasteiger partial charge in [0.25, 0.3) is 0 Å². The largest absolute Gasteiger partial charge is 0.340 e. The maximum atomic E-state index is 4.75. The molecule has 4 aromatic heterocycles. The molecule has 0 aliphatic heterocycles. The molecule has 27 heavy (non-hydrogen) atoms. The lowest BCUT2D eigenvalue weighted by Gasteiger charge is -2.07. The Morgan fingerprint density at radius 1 is 1.00 bits per heavy atom. The van der Waals surface area contributed by atoms with Crippen LogP contribution in [0.3, 0.4) is 0 Å². The molecule has 0 saturated carbocycles. The number of hydrogen-bond donors (Lipinski definition) is 2. The molecule has 0 fully saturated rings. The third kappa shape index (κ3) is 3.02. The monoisotopic (exact) mass is 371 g/mol. The van der Waals surface area contributed by atoms with Gasteiger partial charge in [0.15, 0.2) is 11.5 Å². The average molecular weight is 371 g/mol. The zero-order chi connectivity index (χ0) is 18.1. The zero-order valence-electron chi connectivity index (χ0n) is 14.0. The summed E-state index contributed by atoms with van der Waals surface area (Å²) in [6, 6.07) is 12.0. The van der Waals surface area contributed by atoms with E-state index >= 15 is 0 Å². The first-order valence-corrected chi connectivity index (χ1v) is 9.12. The number of rotatable bonds is 4. The minimum Gasteiger partial charge on any atom is -0.340 e. The van der Waals surface area contributed by atoms with Gasteiger partial charge in [-0.2, -0.15) is 0 Å². The predicted octanol–water partition coefficient (Wildman–Crippen LogP) is 4.28. The number of aromatic nitrogens is 6. The molecule has 4 heterocycles. The quantitative estimate of drug-likeness (QED) is 0.490. The molecule has 0 atom stereocenters. The normalized spacial score (nSPS) is 11.0. The number of benzene rings is 1. The summed E-state index contributed by atoms with van der Waals surface area (Å²) in [6.45, 7) is 0. The highest BCUT2D eigenvalue weighted by atomic mass is 32.1. The van der Waals surface area contributed by atoms with Crippen LogP contribution in [0, 0.1) is 0 Å². The van der Waals surface area contributed by atoms with Crippen LogP contribution in [0.15, 0.2) is 66.8 Å². The molecule has 0 aliphatic carbocycles. The lowest BCUT2D eigenvalue weighted by molar-refractivity contribution is 1.20. The van der Waals surface area contributed by atoms with Crippen molar-refractivity contribution in [2.75, 3.05) is 5.32 Å². The number of nitrogens with zero attached hydrogens (tertiary/aromatic N) is 5. The molecule has 0 amide bonds. The van der Waals surface area contributed by atoms with Crippen molar-refractivity contribution in [1.82, 2.24) is 29.9 Å². The fourth-order valence-electron chi connectivity index (χ4n) is 2.78. The summed E-state index contributed by atoms with van der Waals surface area (Å²) in [5.41, 5.74) is 5.29. The van der Waals surface area contributed by atoms with Gasteiger partial charge in [-0.3, -0.25) is 4.98 Å². The number of thiazole rings is 1. The molecule has 0 aliphatic rings. The second-order valence-electron chi connectivity index (χ2n) is 5.81. The standard InChI is InChI=1S/C19H13N7S/c1-3-12(15-9-27-19(26-15)13-4-2-6-20-8-13)7-14(5-1)25-18-16-17(22-10-21-16)23-11-24-18/h1-11H,(H2,21,22,23,24,25). The lowest BCUT2D eigenvalue weighted by atomic mass is 10.1. The van der Waals surface area contributed by atoms with Crippen LogP contribution in [-0.4, -0.2) is 29.9 Å². The second-order valence-corrected chi connectivity index (χ2v) is 6.67. The minimum absolute atomic E-state index is 0.629. The van der Waals surface area contributed by atoms with Crippen LogP contribution in [0.2, 0.25) is 0 Å². The summed E-state index contributed by atoms with van der Waals surface area (Å²) in [4.78, 5) is 24.6. The zero-order valence-corrected chi connectivity index (χ0v) is 14.8. The maximum absolute atomic E-state index is 4.75. The van der Waals surface area contributed by atoms with Crippen molar-refractivity contribution in [1.29, 1.82) is 0 Å². The van der Waals surface area contributed by atoms with E-state index in [9.17, 15) is 0 Å². The van der Waals surface area contributed by atoms with E-state index in [0.29, 0.717) is 11.5 Å². The van der Waals surface area contributed by atoms with Gasteiger partial charge >= 0.3 is 0 Å². The molecular formula is C19H13N7S. The van der Waals surface area contributed by atoms with Gasteiger partial charge in [0.2, 0.25) is 0 Å². The highest BCUT2D eigenvalue weighted by Crippen LogP contribution is 2.30. The Kier molecular flexibility index (Phi) is 3.80.